The van der Waals surface area contributed by atoms with Gasteiger partial charge in [0, 0.05) is 6.07 Å². The Labute approximate surface area is 135 Å². The normalized spacial score (nSPS) is 12.2. The fourth-order valence-electron chi connectivity index (χ4n) is 2.66. The van der Waals surface area contributed by atoms with Gasteiger partial charge < -0.3 is 14.6 Å². The van der Waals surface area contributed by atoms with Gasteiger partial charge in [-0.2, -0.15) is 0 Å². The molecule has 0 aliphatic carbocycles. The van der Waals surface area contributed by atoms with Crippen LogP contribution in [0.5, 0.6) is 11.5 Å². The molecule has 1 aromatic rings. The molecule has 0 fully saturated rings. The van der Waals surface area contributed by atoms with Gasteiger partial charge in [0.25, 0.3) is 0 Å². The maximum Gasteiger partial charge on any atom is 0.122 e. The lowest BCUT2D eigenvalue weighted by molar-refractivity contribution is 0.162. The molecule has 0 radical (unpaired) electrons. The minimum Gasteiger partial charge on any atom is -0.497 e. The summed E-state index contributed by atoms with van der Waals surface area (Å²) in [6.07, 6.45) is 10.6. The molecule has 0 bridgehead atoms. The Kier molecular flexibility index (Phi) is 9.72. The SMILES string of the molecule is CCCCCCCCCC[C@@H](O)c1cc(OC)cc(OC)c1. The molecule has 0 aliphatic rings. The van der Waals surface area contributed by atoms with E-state index in [1.165, 1.54) is 44.9 Å². The van der Waals surface area contributed by atoms with Crippen LogP contribution in [-0.2, 0) is 0 Å². The number of unbranched alkanes of at least 4 members (excludes halogenated alkanes) is 7. The first-order valence-electron chi connectivity index (χ1n) is 8.62. The van der Waals surface area contributed by atoms with E-state index in [1.54, 1.807) is 14.2 Å². The highest BCUT2D eigenvalue weighted by Gasteiger charge is 2.10. The van der Waals surface area contributed by atoms with Gasteiger partial charge in [0.05, 0.1) is 20.3 Å². The Morgan fingerprint density at radius 2 is 1.32 bits per heavy atom. The summed E-state index contributed by atoms with van der Waals surface area (Å²) in [5, 5.41) is 10.3. The first-order chi connectivity index (χ1) is 10.7. The highest BCUT2D eigenvalue weighted by molar-refractivity contribution is 5.39. The molecule has 126 valence electrons. The third-order valence-corrected chi connectivity index (χ3v) is 4.09. The number of rotatable bonds is 12. The number of aliphatic hydroxyl groups excluding tert-OH is 1. The van der Waals surface area contributed by atoms with Crippen LogP contribution in [0.4, 0.5) is 0 Å². The Morgan fingerprint density at radius 3 is 1.82 bits per heavy atom. The van der Waals surface area contributed by atoms with E-state index in [0.29, 0.717) is 0 Å². The van der Waals surface area contributed by atoms with E-state index in [2.05, 4.69) is 6.92 Å². The van der Waals surface area contributed by atoms with Crippen LogP contribution in [-0.4, -0.2) is 19.3 Å². The van der Waals surface area contributed by atoms with Crippen LogP contribution in [0, 0.1) is 0 Å². The van der Waals surface area contributed by atoms with Crippen molar-refractivity contribution in [3.8, 4) is 11.5 Å². The lowest BCUT2D eigenvalue weighted by Crippen LogP contribution is -1.99. The molecule has 0 saturated carbocycles. The van der Waals surface area contributed by atoms with Gasteiger partial charge in [-0.3, -0.25) is 0 Å². The maximum atomic E-state index is 10.3. The summed E-state index contributed by atoms with van der Waals surface area (Å²) in [5.41, 5.74) is 0.874. The van der Waals surface area contributed by atoms with Crippen molar-refractivity contribution in [2.24, 2.45) is 0 Å². The lowest BCUT2D eigenvalue weighted by Gasteiger charge is -2.14. The van der Waals surface area contributed by atoms with Gasteiger partial charge >= 0.3 is 0 Å². The van der Waals surface area contributed by atoms with Crippen molar-refractivity contribution in [1.29, 1.82) is 0 Å². The molecule has 0 amide bonds. The molecule has 0 spiro atoms. The van der Waals surface area contributed by atoms with Gasteiger partial charge in [-0.15, -0.1) is 0 Å². The van der Waals surface area contributed by atoms with E-state index < -0.39 is 6.10 Å². The van der Waals surface area contributed by atoms with Gasteiger partial charge in [0.15, 0.2) is 0 Å². The highest BCUT2D eigenvalue weighted by atomic mass is 16.5. The second kappa shape index (κ2) is 11.4. The van der Waals surface area contributed by atoms with E-state index in [9.17, 15) is 5.11 Å². The average molecular weight is 308 g/mol. The Hall–Kier alpha value is -1.22. The molecule has 0 aromatic heterocycles. The van der Waals surface area contributed by atoms with Gasteiger partial charge in [-0.1, -0.05) is 58.3 Å². The van der Waals surface area contributed by atoms with Crippen molar-refractivity contribution < 1.29 is 14.6 Å². The predicted octanol–water partition coefficient (Wildman–Crippen LogP) is 5.27. The van der Waals surface area contributed by atoms with Crippen LogP contribution in [0.25, 0.3) is 0 Å². The van der Waals surface area contributed by atoms with Crippen LogP contribution in [0.1, 0.15) is 76.4 Å². The molecule has 1 N–H and O–H groups in total. The first kappa shape index (κ1) is 18.8. The van der Waals surface area contributed by atoms with E-state index in [0.717, 1.165) is 29.9 Å². The summed E-state index contributed by atoms with van der Waals surface area (Å²) < 4.78 is 10.5. The third-order valence-electron chi connectivity index (χ3n) is 4.09. The number of aliphatic hydroxyl groups is 1. The molecule has 22 heavy (non-hydrogen) atoms. The van der Waals surface area contributed by atoms with Gasteiger partial charge in [-0.25, -0.2) is 0 Å². The first-order valence-corrected chi connectivity index (χ1v) is 8.62. The fraction of sp³-hybridized carbons (Fsp3) is 0.684. The summed E-state index contributed by atoms with van der Waals surface area (Å²) in [6.45, 7) is 2.24. The number of hydrogen-bond donors (Lipinski definition) is 1. The molecule has 1 rings (SSSR count). The molecule has 0 heterocycles. The highest BCUT2D eigenvalue weighted by Crippen LogP contribution is 2.29. The molecule has 3 nitrogen and oxygen atoms in total. The lowest BCUT2D eigenvalue weighted by atomic mass is 10.0. The number of hydrogen-bond acceptors (Lipinski definition) is 3. The monoisotopic (exact) mass is 308 g/mol. The molecular formula is C19H32O3. The predicted molar refractivity (Wildman–Crippen MR) is 91.7 cm³/mol. The molecule has 1 aromatic carbocycles. The molecular weight excluding hydrogens is 276 g/mol. The zero-order valence-corrected chi connectivity index (χ0v) is 14.4. The van der Waals surface area contributed by atoms with Gasteiger partial charge in [0.1, 0.15) is 11.5 Å². The molecule has 0 aliphatic heterocycles. The summed E-state index contributed by atoms with van der Waals surface area (Å²) in [4.78, 5) is 0. The van der Waals surface area contributed by atoms with Crippen LogP contribution in [0.15, 0.2) is 18.2 Å². The van der Waals surface area contributed by atoms with Crippen LogP contribution >= 0.6 is 0 Å². The smallest absolute Gasteiger partial charge is 0.122 e. The van der Waals surface area contributed by atoms with Crippen LogP contribution in [0.2, 0.25) is 0 Å². The molecule has 3 heteroatoms. The van der Waals surface area contributed by atoms with E-state index in [4.69, 9.17) is 9.47 Å². The van der Waals surface area contributed by atoms with Crippen molar-refractivity contribution >= 4 is 0 Å². The summed E-state index contributed by atoms with van der Waals surface area (Å²) in [7, 11) is 3.26. The van der Waals surface area contributed by atoms with Crippen molar-refractivity contribution in [2.75, 3.05) is 14.2 Å². The maximum absolute atomic E-state index is 10.3. The van der Waals surface area contributed by atoms with Crippen molar-refractivity contribution in [3.63, 3.8) is 0 Å². The minimum atomic E-state index is -0.441. The van der Waals surface area contributed by atoms with Gasteiger partial charge in [-0.05, 0) is 24.1 Å². The largest absolute Gasteiger partial charge is 0.497 e. The topological polar surface area (TPSA) is 38.7 Å². The zero-order chi connectivity index (χ0) is 16.2. The molecule has 0 saturated heterocycles. The third kappa shape index (κ3) is 7.17. The summed E-state index contributed by atoms with van der Waals surface area (Å²) in [5.74, 6) is 1.45. The second-order valence-electron chi connectivity index (χ2n) is 5.93. The van der Waals surface area contributed by atoms with Gasteiger partial charge in [0.2, 0.25) is 0 Å². The minimum absolute atomic E-state index is 0.441. The van der Waals surface area contributed by atoms with Crippen molar-refractivity contribution in [1.82, 2.24) is 0 Å². The van der Waals surface area contributed by atoms with Crippen molar-refractivity contribution in [2.45, 2.75) is 70.8 Å². The van der Waals surface area contributed by atoms with E-state index in [-0.39, 0.29) is 0 Å². The fourth-order valence-corrected chi connectivity index (χ4v) is 2.66. The standard InChI is InChI=1S/C19H32O3/c1-4-5-6-7-8-9-10-11-12-19(20)16-13-17(21-2)15-18(14-16)22-3/h13-15,19-20H,4-12H2,1-3H3/t19-/m1/s1. The van der Waals surface area contributed by atoms with E-state index >= 15 is 0 Å². The summed E-state index contributed by atoms with van der Waals surface area (Å²) in [6, 6.07) is 5.60. The Morgan fingerprint density at radius 1 is 0.818 bits per heavy atom. The Balaban J connectivity index is 2.28. The van der Waals surface area contributed by atoms with Crippen LogP contribution < -0.4 is 9.47 Å². The zero-order valence-electron chi connectivity index (χ0n) is 14.4. The Bertz CT molecular complexity index is 381. The average Bonchev–Trinajstić information content (AvgIpc) is 2.56. The second-order valence-corrected chi connectivity index (χ2v) is 5.93. The molecule has 1 atom stereocenters. The van der Waals surface area contributed by atoms with E-state index in [1.807, 2.05) is 18.2 Å². The van der Waals surface area contributed by atoms with Crippen molar-refractivity contribution in [3.05, 3.63) is 23.8 Å². The molecule has 0 unspecified atom stereocenters. The number of benzene rings is 1. The quantitative estimate of drug-likeness (QED) is 0.535. The number of ether oxygens (including phenoxy) is 2. The number of methoxy groups -OCH3 is 2. The summed E-state index contributed by atoms with van der Waals surface area (Å²) >= 11 is 0. The van der Waals surface area contributed by atoms with Crippen LogP contribution in [0.3, 0.4) is 0 Å².